The van der Waals surface area contributed by atoms with Gasteiger partial charge in [0.05, 0.1) is 6.20 Å². The van der Waals surface area contributed by atoms with Crippen molar-refractivity contribution in [2.75, 3.05) is 13.1 Å². The molecule has 3 N–H and O–H groups in total. The normalized spacial score (nSPS) is 16.8. The van der Waals surface area contributed by atoms with Crippen LogP contribution in [0.3, 0.4) is 0 Å². The second-order valence-corrected chi connectivity index (χ2v) is 4.32. The summed E-state index contributed by atoms with van der Waals surface area (Å²) in [5, 5.41) is 15.7. The number of nitrogens with zero attached hydrogens (tertiary/aromatic N) is 4. The SMILES string of the molecule is NC1CCN(C(=O)Cn2cc(C(=O)O)nn2)CC1. The van der Waals surface area contributed by atoms with Gasteiger partial charge in [-0.2, -0.15) is 0 Å². The molecule has 0 bridgehead atoms. The predicted molar refractivity (Wildman–Crippen MR) is 60.8 cm³/mol. The summed E-state index contributed by atoms with van der Waals surface area (Å²) in [6.45, 7) is 1.29. The van der Waals surface area contributed by atoms with Crippen molar-refractivity contribution in [1.29, 1.82) is 0 Å². The monoisotopic (exact) mass is 253 g/mol. The number of carbonyl (C=O) groups excluding carboxylic acids is 1. The van der Waals surface area contributed by atoms with Gasteiger partial charge < -0.3 is 15.7 Å². The molecule has 0 aromatic carbocycles. The Kier molecular flexibility index (Phi) is 3.56. The zero-order valence-corrected chi connectivity index (χ0v) is 9.82. The Balaban J connectivity index is 1.92. The van der Waals surface area contributed by atoms with Crippen LogP contribution in [0.1, 0.15) is 23.3 Å². The van der Waals surface area contributed by atoms with Gasteiger partial charge in [0.15, 0.2) is 5.69 Å². The summed E-state index contributed by atoms with van der Waals surface area (Å²) in [5.74, 6) is -1.25. The minimum Gasteiger partial charge on any atom is -0.476 e. The predicted octanol–water partition coefficient (Wildman–Crippen LogP) is -1.07. The Bertz CT molecular complexity index is 450. The summed E-state index contributed by atoms with van der Waals surface area (Å²) in [4.78, 5) is 24.2. The summed E-state index contributed by atoms with van der Waals surface area (Å²) >= 11 is 0. The van der Waals surface area contributed by atoms with Crippen LogP contribution in [0.25, 0.3) is 0 Å². The molecule has 1 amide bonds. The second-order valence-electron chi connectivity index (χ2n) is 4.32. The minimum atomic E-state index is -1.15. The quantitative estimate of drug-likeness (QED) is 0.708. The number of nitrogens with two attached hydrogens (primary N) is 1. The molecule has 1 aliphatic heterocycles. The molecule has 1 fully saturated rings. The van der Waals surface area contributed by atoms with E-state index in [1.54, 1.807) is 4.90 Å². The summed E-state index contributed by atoms with van der Waals surface area (Å²) < 4.78 is 1.24. The number of rotatable bonds is 3. The third kappa shape index (κ3) is 2.83. The van der Waals surface area contributed by atoms with Crippen molar-refractivity contribution in [3.63, 3.8) is 0 Å². The Morgan fingerprint density at radius 2 is 2.11 bits per heavy atom. The van der Waals surface area contributed by atoms with Crippen LogP contribution in [0.15, 0.2) is 6.20 Å². The van der Waals surface area contributed by atoms with Crippen LogP contribution in [-0.4, -0.2) is 56.0 Å². The number of carboxylic acid groups (broad SMARTS) is 1. The molecule has 0 spiro atoms. The van der Waals surface area contributed by atoms with E-state index in [0.717, 1.165) is 12.8 Å². The number of carboxylic acids is 1. The van der Waals surface area contributed by atoms with E-state index in [9.17, 15) is 9.59 Å². The molecule has 98 valence electrons. The topological polar surface area (TPSA) is 114 Å². The first-order valence-corrected chi connectivity index (χ1v) is 5.73. The number of likely N-dealkylation sites (tertiary alicyclic amines) is 1. The molecule has 1 aromatic rings. The number of aromatic carboxylic acids is 1. The average Bonchev–Trinajstić information content (AvgIpc) is 2.78. The maximum absolute atomic E-state index is 11.9. The molecule has 0 unspecified atom stereocenters. The number of carbonyl (C=O) groups is 2. The summed E-state index contributed by atoms with van der Waals surface area (Å²) in [6.07, 6.45) is 2.84. The molecule has 1 aliphatic rings. The standard InChI is InChI=1S/C10H15N5O3/c11-7-1-3-14(4-2-7)9(16)6-15-5-8(10(17)18)12-13-15/h5,7H,1-4,6,11H2,(H,17,18). The van der Waals surface area contributed by atoms with Crippen LogP contribution in [0.4, 0.5) is 0 Å². The first kappa shape index (κ1) is 12.5. The zero-order chi connectivity index (χ0) is 13.1. The summed E-state index contributed by atoms with van der Waals surface area (Å²) in [6, 6.07) is 0.166. The maximum atomic E-state index is 11.9. The van der Waals surface area contributed by atoms with Crippen molar-refractivity contribution < 1.29 is 14.7 Å². The van der Waals surface area contributed by atoms with Gasteiger partial charge in [0.2, 0.25) is 5.91 Å². The van der Waals surface area contributed by atoms with E-state index in [-0.39, 0.29) is 24.2 Å². The number of aromatic nitrogens is 3. The average molecular weight is 253 g/mol. The molecule has 2 rings (SSSR count). The third-order valence-electron chi connectivity index (χ3n) is 2.95. The molecule has 0 saturated carbocycles. The first-order valence-electron chi connectivity index (χ1n) is 5.73. The molecule has 8 heteroatoms. The van der Waals surface area contributed by atoms with E-state index < -0.39 is 5.97 Å². The maximum Gasteiger partial charge on any atom is 0.358 e. The molecule has 0 atom stereocenters. The number of piperidine rings is 1. The van der Waals surface area contributed by atoms with E-state index in [0.29, 0.717) is 13.1 Å². The van der Waals surface area contributed by atoms with E-state index in [1.165, 1.54) is 10.9 Å². The second kappa shape index (κ2) is 5.13. The van der Waals surface area contributed by atoms with Crippen molar-refractivity contribution in [1.82, 2.24) is 19.9 Å². The van der Waals surface area contributed by atoms with E-state index in [1.807, 2.05) is 0 Å². The highest BCUT2D eigenvalue weighted by Gasteiger charge is 2.21. The van der Waals surface area contributed by atoms with Crippen LogP contribution in [-0.2, 0) is 11.3 Å². The van der Waals surface area contributed by atoms with Crippen LogP contribution >= 0.6 is 0 Å². The van der Waals surface area contributed by atoms with Gasteiger partial charge in [-0.05, 0) is 12.8 Å². The smallest absolute Gasteiger partial charge is 0.358 e. The molecule has 8 nitrogen and oxygen atoms in total. The lowest BCUT2D eigenvalue weighted by Gasteiger charge is -2.30. The Morgan fingerprint density at radius 1 is 1.44 bits per heavy atom. The zero-order valence-electron chi connectivity index (χ0n) is 9.82. The Morgan fingerprint density at radius 3 is 2.67 bits per heavy atom. The van der Waals surface area contributed by atoms with Gasteiger partial charge in [0.25, 0.3) is 0 Å². The summed E-state index contributed by atoms with van der Waals surface area (Å²) in [5.41, 5.74) is 5.59. The van der Waals surface area contributed by atoms with E-state index in [2.05, 4.69) is 10.3 Å². The highest BCUT2D eigenvalue weighted by atomic mass is 16.4. The lowest BCUT2D eigenvalue weighted by Crippen LogP contribution is -2.44. The molecular weight excluding hydrogens is 238 g/mol. The van der Waals surface area contributed by atoms with Gasteiger partial charge in [-0.25, -0.2) is 9.48 Å². The minimum absolute atomic E-state index is 0.00944. The molecule has 0 aliphatic carbocycles. The van der Waals surface area contributed by atoms with Crippen LogP contribution in [0.2, 0.25) is 0 Å². The number of amides is 1. The van der Waals surface area contributed by atoms with Crippen molar-refractivity contribution >= 4 is 11.9 Å². The lowest BCUT2D eigenvalue weighted by molar-refractivity contribution is -0.133. The van der Waals surface area contributed by atoms with Gasteiger partial charge in [0, 0.05) is 19.1 Å². The fourth-order valence-corrected chi connectivity index (χ4v) is 1.86. The number of hydrogen-bond acceptors (Lipinski definition) is 5. The van der Waals surface area contributed by atoms with Gasteiger partial charge in [-0.1, -0.05) is 5.21 Å². The van der Waals surface area contributed by atoms with Gasteiger partial charge in [0.1, 0.15) is 6.54 Å². The summed E-state index contributed by atoms with van der Waals surface area (Å²) in [7, 11) is 0. The third-order valence-corrected chi connectivity index (χ3v) is 2.95. The molecule has 1 saturated heterocycles. The van der Waals surface area contributed by atoms with Crippen molar-refractivity contribution in [3.8, 4) is 0 Å². The van der Waals surface area contributed by atoms with Crippen LogP contribution in [0.5, 0.6) is 0 Å². The molecule has 18 heavy (non-hydrogen) atoms. The van der Waals surface area contributed by atoms with Crippen molar-refractivity contribution in [2.45, 2.75) is 25.4 Å². The molecule has 1 aromatic heterocycles. The molecule has 2 heterocycles. The largest absolute Gasteiger partial charge is 0.476 e. The van der Waals surface area contributed by atoms with Crippen LogP contribution < -0.4 is 5.73 Å². The highest BCUT2D eigenvalue weighted by Crippen LogP contribution is 2.08. The van der Waals surface area contributed by atoms with Crippen LogP contribution in [0, 0.1) is 0 Å². The number of hydrogen-bond donors (Lipinski definition) is 2. The Labute approximate surface area is 103 Å². The van der Waals surface area contributed by atoms with Crippen molar-refractivity contribution in [2.24, 2.45) is 5.73 Å². The lowest BCUT2D eigenvalue weighted by atomic mass is 10.1. The molecule has 0 radical (unpaired) electrons. The molecular formula is C10H15N5O3. The van der Waals surface area contributed by atoms with Gasteiger partial charge in [-0.15, -0.1) is 5.10 Å². The van der Waals surface area contributed by atoms with Crippen molar-refractivity contribution in [3.05, 3.63) is 11.9 Å². The van der Waals surface area contributed by atoms with E-state index in [4.69, 9.17) is 10.8 Å². The first-order chi connectivity index (χ1) is 8.56. The fraction of sp³-hybridized carbons (Fsp3) is 0.600. The van der Waals surface area contributed by atoms with Gasteiger partial charge in [-0.3, -0.25) is 4.79 Å². The fourth-order valence-electron chi connectivity index (χ4n) is 1.86. The van der Waals surface area contributed by atoms with Gasteiger partial charge >= 0.3 is 5.97 Å². The van der Waals surface area contributed by atoms with E-state index >= 15 is 0 Å². The Hall–Kier alpha value is -1.96. The highest BCUT2D eigenvalue weighted by molar-refractivity contribution is 5.84.